The molecule has 3 aromatic rings. The summed E-state index contributed by atoms with van der Waals surface area (Å²) in [5, 5.41) is 9.70. The fourth-order valence-electron chi connectivity index (χ4n) is 3.04. The van der Waals surface area contributed by atoms with Gasteiger partial charge in [0.05, 0.1) is 16.7 Å². The van der Waals surface area contributed by atoms with E-state index in [0.29, 0.717) is 22.9 Å². The molecule has 28 heavy (non-hydrogen) atoms. The Morgan fingerprint density at radius 2 is 1.93 bits per heavy atom. The molecule has 0 fully saturated rings. The molecule has 2 aromatic heterocycles. The van der Waals surface area contributed by atoms with Crippen LogP contribution in [0.1, 0.15) is 47.0 Å². The van der Waals surface area contributed by atoms with Gasteiger partial charge in [0.2, 0.25) is 5.78 Å². The van der Waals surface area contributed by atoms with Crippen LogP contribution in [0.5, 0.6) is 0 Å². The summed E-state index contributed by atoms with van der Waals surface area (Å²) < 4.78 is 8.91. The van der Waals surface area contributed by atoms with Crippen molar-refractivity contribution < 1.29 is 9.53 Å². The number of thioether (sulfide) groups is 1. The molecular weight excluding hydrogens is 376 g/mol. The Bertz CT molecular complexity index is 1050. The molecule has 150 valence electrons. The monoisotopic (exact) mass is 402 g/mol. The third-order valence-electron chi connectivity index (χ3n) is 4.20. The quantitative estimate of drug-likeness (QED) is 0.341. The summed E-state index contributed by atoms with van der Waals surface area (Å²) in [6.45, 7) is 8.23. The SMILES string of the molecule is CCCCCn1c(=O)c2ccccc2n2c(SCC(=O)OC(C)(C)C)nnc12. The molecule has 0 amide bonds. The van der Waals surface area contributed by atoms with E-state index in [0.717, 1.165) is 24.8 Å². The number of carbonyl (C=O) groups excluding carboxylic acids is 1. The minimum absolute atomic E-state index is 0.0599. The molecule has 0 aliphatic rings. The first-order valence-corrected chi connectivity index (χ1v) is 10.5. The largest absolute Gasteiger partial charge is 0.459 e. The van der Waals surface area contributed by atoms with Gasteiger partial charge in [0.15, 0.2) is 5.16 Å². The number of nitrogens with zero attached hydrogens (tertiary/aromatic N) is 4. The van der Waals surface area contributed by atoms with Gasteiger partial charge in [-0.25, -0.2) is 0 Å². The van der Waals surface area contributed by atoms with Crippen LogP contribution in [0.25, 0.3) is 16.7 Å². The van der Waals surface area contributed by atoms with Crippen molar-refractivity contribution in [3.63, 3.8) is 0 Å². The Labute approximate surface area is 168 Å². The Balaban J connectivity index is 2.01. The van der Waals surface area contributed by atoms with Gasteiger partial charge in [0.1, 0.15) is 5.60 Å². The summed E-state index contributed by atoms with van der Waals surface area (Å²) in [6, 6.07) is 7.42. The standard InChI is InChI=1S/C20H26N4O3S/c1-5-6-9-12-23-17(26)14-10-7-8-11-15(14)24-18(23)21-22-19(24)28-13-16(25)27-20(2,3)4/h7-8,10-11H,5-6,9,12-13H2,1-4H3. The number of fused-ring (bicyclic) bond motifs is 3. The number of esters is 1. The highest BCUT2D eigenvalue weighted by Crippen LogP contribution is 2.22. The maximum Gasteiger partial charge on any atom is 0.316 e. The van der Waals surface area contributed by atoms with Gasteiger partial charge in [-0.2, -0.15) is 0 Å². The summed E-state index contributed by atoms with van der Waals surface area (Å²) in [5.74, 6) is 0.322. The number of benzene rings is 1. The molecule has 0 N–H and O–H groups in total. The number of hydrogen-bond acceptors (Lipinski definition) is 6. The van der Waals surface area contributed by atoms with Crippen molar-refractivity contribution in [2.75, 3.05) is 5.75 Å². The Kier molecular flexibility index (Phi) is 6.07. The van der Waals surface area contributed by atoms with Gasteiger partial charge in [-0.3, -0.25) is 18.6 Å². The van der Waals surface area contributed by atoms with Crippen LogP contribution in [0.2, 0.25) is 0 Å². The van der Waals surface area contributed by atoms with Gasteiger partial charge >= 0.3 is 5.97 Å². The summed E-state index contributed by atoms with van der Waals surface area (Å²) in [6.07, 6.45) is 3.01. The second kappa shape index (κ2) is 8.34. The summed E-state index contributed by atoms with van der Waals surface area (Å²) in [7, 11) is 0. The number of hydrogen-bond donors (Lipinski definition) is 0. The van der Waals surface area contributed by atoms with Crippen molar-refractivity contribution in [2.45, 2.75) is 64.3 Å². The van der Waals surface area contributed by atoms with E-state index in [1.165, 1.54) is 11.8 Å². The third kappa shape index (κ3) is 4.38. The summed E-state index contributed by atoms with van der Waals surface area (Å²) in [4.78, 5) is 25.1. The average molecular weight is 403 g/mol. The van der Waals surface area contributed by atoms with Gasteiger partial charge in [-0.1, -0.05) is 43.7 Å². The highest BCUT2D eigenvalue weighted by Gasteiger charge is 2.20. The molecule has 0 aliphatic carbocycles. The van der Waals surface area contributed by atoms with Gasteiger partial charge < -0.3 is 4.74 Å². The fraction of sp³-hybridized carbons (Fsp3) is 0.500. The van der Waals surface area contributed by atoms with Gasteiger partial charge in [0, 0.05) is 6.54 Å². The van der Waals surface area contributed by atoms with Crippen LogP contribution in [-0.2, 0) is 16.1 Å². The van der Waals surface area contributed by atoms with Gasteiger partial charge in [-0.05, 0) is 39.3 Å². The molecule has 0 aliphatic heterocycles. The van der Waals surface area contributed by atoms with Crippen molar-refractivity contribution >= 4 is 34.4 Å². The molecule has 7 nitrogen and oxygen atoms in total. The van der Waals surface area contributed by atoms with Crippen LogP contribution in [0, 0.1) is 0 Å². The number of aromatic nitrogens is 4. The molecule has 0 saturated heterocycles. The Hall–Kier alpha value is -2.35. The minimum Gasteiger partial charge on any atom is -0.459 e. The van der Waals surface area contributed by atoms with E-state index in [1.54, 1.807) is 4.57 Å². The maximum absolute atomic E-state index is 13.0. The number of para-hydroxylation sites is 1. The normalized spacial score (nSPS) is 12.0. The van der Waals surface area contributed by atoms with Gasteiger partial charge in [0.25, 0.3) is 5.56 Å². The topological polar surface area (TPSA) is 78.5 Å². The van der Waals surface area contributed by atoms with E-state index >= 15 is 0 Å². The lowest BCUT2D eigenvalue weighted by Gasteiger charge is -2.19. The molecule has 0 spiro atoms. The third-order valence-corrected chi connectivity index (χ3v) is 5.11. The smallest absolute Gasteiger partial charge is 0.316 e. The molecule has 2 heterocycles. The van der Waals surface area contributed by atoms with E-state index in [-0.39, 0.29) is 17.3 Å². The summed E-state index contributed by atoms with van der Waals surface area (Å²) in [5.41, 5.74) is 0.151. The number of aryl methyl sites for hydroxylation is 1. The Morgan fingerprint density at radius 3 is 2.64 bits per heavy atom. The van der Waals surface area contributed by atoms with E-state index < -0.39 is 5.60 Å². The van der Waals surface area contributed by atoms with Crippen LogP contribution in [-0.4, -0.2) is 36.5 Å². The van der Waals surface area contributed by atoms with Crippen LogP contribution < -0.4 is 5.56 Å². The first-order chi connectivity index (χ1) is 13.3. The first-order valence-electron chi connectivity index (χ1n) is 9.53. The minimum atomic E-state index is -0.531. The first kappa shape index (κ1) is 20.4. The molecule has 1 aromatic carbocycles. The molecular formula is C20H26N4O3S. The van der Waals surface area contributed by atoms with Crippen molar-refractivity contribution in [3.8, 4) is 0 Å². The van der Waals surface area contributed by atoms with Crippen LogP contribution in [0.15, 0.2) is 34.2 Å². The van der Waals surface area contributed by atoms with E-state index in [4.69, 9.17) is 4.74 Å². The number of rotatable bonds is 7. The predicted octanol–water partition coefficient (Wildman–Crippen LogP) is 3.67. The van der Waals surface area contributed by atoms with Crippen molar-refractivity contribution in [1.82, 2.24) is 19.2 Å². The molecule has 0 unspecified atom stereocenters. The maximum atomic E-state index is 13.0. The van der Waals surface area contributed by atoms with Crippen LogP contribution in [0.4, 0.5) is 0 Å². The highest BCUT2D eigenvalue weighted by atomic mass is 32.2. The van der Waals surface area contributed by atoms with Crippen molar-refractivity contribution in [1.29, 1.82) is 0 Å². The second-order valence-corrected chi connectivity index (χ2v) is 8.62. The number of carbonyl (C=O) groups is 1. The molecule has 0 atom stereocenters. The number of ether oxygens (including phenoxy) is 1. The van der Waals surface area contributed by atoms with Crippen molar-refractivity contribution in [3.05, 3.63) is 34.6 Å². The van der Waals surface area contributed by atoms with E-state index in [9.17, 15) is 9.59 Å². The zero-order valence-corrected chi connectivity index (χ0v) is 17.6. The number of unbranched alkanes of at least 4 members (excludes halogenated alkanes) is 2. The van der Waals surface area contributed by atoms with E-state index in [1.807, 2.05) is 49.4 Å². The lowest BCUT2D eigenvalue weighted by molar-refractivity contribution is -0.151. The zero-order valence-electron chi connectivity index (χ0n) is 16.8. The lowest BCUT2D eigenvalue weighted by Crippen LogP contribution is -2.25. The zero-order chi connectivity index (χ0) is 20.3. The molecule has 0 bridgehead atoms. The van der Waals surface area contributed by atoms with Crippen LogP contribution in [0.3, 0.4) is 0 Å². The van der Waals surface area contributed by atoms with E-state index in [2.05, 4.69) is 17.1 Å². The predicted molar refractivity (Wildman–Crippen MR) is 111 cm³/mol. The second-order valence-electron chi connectivity index (χ2n) is 7.67. The fourth-order valence-corrected chi connectivity index (χ4v) is 3.76. The summed E-state index contributed by atoms with van der Waals surface area (Å²) >= 11 is 1.26. The molecule has 0 radical (unpaired) electrons. The molecule has 8 heteroatoms. The van der Waals surface area contributed by atoms with Crippen LogP contribution >= 0.6 is 11.8 Å². The highest BCUT2D eigenvalue weighted by molar-refractivity contribution is 7.99. The average Bonchev–Trinajstić information content (AvgIpc) is 3.05. The molecule has 0 saturated carbocycles. The molecule has 3 rings (SSSR count). The lowest BCUT2D eigenvalue weighted by atomic mass is 10.2. The van der Waals surface area contributed by atoms with Gasteiger partial charge in [-0.15, -0.1) is 10.2 Å². The Morgan fingerprint density at radius 1 is 1.18 bits per heavy atom. The van der Waals surface area contributed by atoms with Crippen molar-refractivity contribution in [2.24, 2.45) is 0 Å².